The van der Waals surface area contributed by atoms with Gasteiger partial charge >= 0.3 is 0 Å². The summed E-state index contributed by atoms with van der Waals surface area (Å²) in [6.07, 6.45) is 17.3. The standard InChI is InChI=1S/C37H34N2/c1-37(2)32-16-10-9-15-30(32)31-22-21-29(23-33(31)37)35-24-34(38-36(39-35)28-13-7-4-8-14-28)27-19-17-26(18-20-27)25-11-5-3-6-12-25/h3-9,11-15,17,19-24,26,34H,10,16,18H2,1-2H3,(H,38,39). The number of hydrogen-bond acceptors (Lipinski definition) is 2. The third-order valence-electron chi connectivity index (χ3n) is 8.82. The highest BCUT2D eigenvalue weighted by atomic mass is 15.0. The SMILES string of the molecule is CC1(C)C2=C(C=CCC2)c2ccc(C3=CC(C4=CCC(c5ccccc5)C=C4)NC(c4ccccc4)=N3)cc21. The lowest BCUT2D eigenvalue weighted by molar-refractivity contribution is 0.607. The second kappa shape index (κ2) is 9.54. The Balaban J connectivity index is 1.25. The molecule has 0 radical (unpaired) electrons. The number of nitrogens with zero attached hydrogens (tertiary/aromatic N) is 1. The van der Waals surface area contributed by atoms with E-state index in [2.05, 4.69) is 134 Å². The van der Waals surface area contributed by atoms with E-state index in [0.29, 0.717) is 5.92 Å². The second-order valence-electron chi connectivity index (χ2n) is 11.5. The average molecular weight is 507 g/mol. The molecule has 2 nitrogen and oxygen atoms in total. The molecule has 39 heavy (non-hydrogen) atoms. The summed E-state index contributed by atoms with van der Waals surface area (Å²) in [5, 5.41) is 3.74. The lowest BCUT2D eigenvalue weighted by Gasteiger charge is -2.28. The van der Waals surface area contributed by atoms with Crippen LogP contribution in [0.15, 0.2) is 131 Å². The van der Waals surface area contributed by atoms with Crippen molar-refractivity contribution in [3.63, 3.8) is 0 Å². The summed E-state index contributed by atoms with van der Waals surface area (Å²) in [7, 11) is 0. The molecule has 7 rings (SSSR count). The van der Waals surface area contributed by atoms with E-state index in [0.717, 1.165) is 36.4 Å². The largest absolute Gasteiger partial charge is 0.359 e. The predicted octanol–water partition coefficient (Wildman–Crippen LogP) is 8.51. The van der Waals surface area contributed by atoms with Gasteiger partial charge in [-0.05, 0) is 59.2 Å². The first-order valence-electron chi connectivity index (χ1n) is 14.2. The van der Waals surface area contributed by atoms with E-state index < -0.39 is 0 Å². The van der Waals surface area contributed by atoms with Crippen LogP contribution in [0.25, 0.3) is 11.3 Å². The van der Waals surface area contributed by atoms with Crippen LogP contribution in [0.5, 0.6) is 0 Å². The monoisotopic (exact) mass is 506 g/mol. The van der Waals surface area contributed by atoms with Crippen molar-refractivity contribution >= 4 is 17.1 Å². The zero-order valence-corrected chi connectivity index (χ0v) is 22.7. The van der Waals surface area contributed by atoms with Gasteiger partial charge in [-0.15, -0.1) is 0 Å². The number of benzene rings is 3. The number of aliphatic imine (C=N–C) groups is 1. The molecule has 2 heteroatoms. The fourth-order valence-electron chi connectivity index (χ4n) is 6.62. The van der Waals surface area contributed by atoms with Gasteiger partial charge in [-0.3, -0.25) is 0 Å². The number of allylic oxidation sites excluding steroid dienone is 6. The topological polar surface area (TPSA) is 24.4 Å². The molecule has 1 aliphatic heterocycles. The minimum absolute atomic E-state index is 0.0470. The van der Waals surface area contributed by atoms with Gasteiger partial charge in [0.2, 0.25) is 0 Å². The fraction of sp³-hybridized carbons (Fsp3) is 0.216. The van der Waals surface area contributed by atoms with Gasteiger partial charge in [0.15, 0.2) is 0 Å². The van der Waals surface area contributed by atoms with E-state index in [-0.39, 0.29) is 11.5 Å². The fourth-order valence-corrected chi connectivity index (χ4v) is 6.62. The summed E-state index contributed by atoms with van der Waals surface area (Å²) in [6.45, 7) is 4.77. The van der Waals surface area contributed by atoms with Gasteiger partial charge in [-0.1, -0.05) is 123 Å². The average Bonchev–Trinajstić information content (AvgIpc) is 3.24. The van der Waals surface area contributed by atoms with Crippen molar-refractivity contribution < 1.29 is 0 Å². The molecule has 0 amide bonds. The summed E-state index contributed by atoms with van der Waals surface area (Å²) >= 11 is 0. The first-order valence-corrected chi connectivity index (χ1v) is 14.2. The van der Waals surface area contributed by atoms with Crippen molar-refractivity contribution in [2.45, 2.75) is 50.5 Å². The predicted molar refractivity (Wildman–Crippen MR) is 164 cm³/mol. The Morgan fingerprint density at radius 2 is 1.67 bits per heavy atom. The highest BCUT2D eigenvalue weighted by molar-refractivity contribution is 6.03. The molecule has 0 fully saturated rings. The van der Waals surface area contributed by atoms with Crippen LogP contribution in [0, 0.1) is 0 Å². The Morgan fingerprint density at radius 1 is 0.872 bits per heavy atom. The van der Waals surface area contributed by atoms with Crippen LogP contribution in [-0.4, -0.2) is 11.9 Å². The highest BCUT2D eigenvalue weighted by Gasteiger charge is 2.37. The highest BCUT2D eigenvalue weighted by Crippen LogP contribution is 2.50. The molecule has 0 bridgehead atoms. The normalized spacial score (nSPS) is 22.9. The molecule has 3 aromatic rings. The zero-order valence-electron chi connectivity index (χ0n) is 22.7. The van der Waals surface area contributed by atoms with Crippen LogP contribution >= 0.6 is 0 Å². The zero-order chi connectivity index (χ0) is 26.4. The van der Waals surface area contributed by atoms with Gasteiger partial charge in [0.25, 0.3) is 0 Å². The Kier molecular flexibility index (Phi) is 5.85. The van der Waals surface area contributed by atoms with E-state index >= 15 is 0 Å². The van der Waals surface area contributed by atoms with Crippen molar-refractivity contribution in [1.29, 1.82) is 0 Å². The van der Waals surface area contributed by atoms with E-state index in [1.807, 2.05) is 0 Å². The molecular weight excluding hydrogens is 472 g/mol. The minimum atomic E-state index is 0.0470. The molecule has 192 valence electrons. The molecule has 2 unspecified atom stereocenters. The molecule has 4 aliphatic rings. The quantitative estimate of drug-likeness (QED) is 0.377. The van der Waals surface area contributed by atoms with E-state index in [4.69, 9.17) is 4.99 Å². The molecule has 1 heterocycles. The van der Waals surface area contributed by atoms with E-state index in [1.165, 1.54) is 33.4 Å². The Hall–Kier alpha value is -4.17. The van der Waals surface area contributed by atoms with Gasteiger partial charge in [0.05, 0.1) is 11.7 Å². The maximum Gasteiger partial charge on any atom is 0.134 e. The maximum absolute atomic E-state index is 5.18. The second-order valence-corrected chi connectivity index (χ2v) is 11.5. The third kappa shape index (κ3) is 4.25. The Morgan fingerprint density at radius 3 is 2.44 bits per heavy atom. The van der Waals surface area contributed by atoms with Gasteiger partial charge < -0.3 is 5.32 Å². The number of rotatable bonds is 4. The summed E-state index contributed by atoms with van der Waals surface area (Å²) in [4.78, 5) is 5.18. The number of fused-ring (bicyclic) bond motifs is 2. The summed E-state index contributed by atoms with van der Waals surface area (Å²) in [6, 6.07) is 28.3. The van der Waals surface area contributed by atoms with Gasteiger partial charge in [-0.2, -0.15) is 0 Å². The number of amidine groups is 1. The third-order valence-corrected chi connectivity index (χ3v) is 8.82. The van der Waals surface area contributed by atoms with Crippen molar-refractivity contribution in [2.24, 2.45) is 4.99 Å². The summed E-state index contributed by atoms with van der Waals surface area (Å²) in [5.41, 5.74) is 11.9. The van der Waals surface area contributed by atoms with Crippen LogP contribution in [0.1, 0.15) is 66.8 Å². The first kappa shape index (κ1) is 23.9. The van der Waals surface area contributed by atoms with Crippen LogP contribution in [-0.2, 0) is 5.41 Å². The summed E-state index contributed by atoms with van der Waals surface area (Å²) in [5.74, 6) is 1.36. The van der Waals surface area contributed by atoms with Crippen molar-refractivity contribution in [3.05, 3.63) is 154 Å². The van der Waals surface area contributed by atoms with Crippen LogP contribution in [0.2, 0.25) is 0 Å². The molecule has 3 aliphatic carbocycles. The molecule has 2 atom stereocenters. The molecule has 1 N–H and O–H groups in total. The molecule has 3 aromatic carbocycles. The lowest BCUT2D eigenvalue weighted by Crippen LogP contribution is -2.38. The van der Waals surface area contributed by atoms with Crippen LogP contribution in [0.3, 0.4) is 0 Å². The smallest absolute Gasteiger partial charge is 0.134 e. The van der Waals surface area contributed by atoms with Crippen molar-refractivity contribution in [1.82, 2.24) is 5.32 Å². The van der Waals surface area contributed by atoms with Crippen LogP contribution in [0.4, 0.5) is 0 Å². The molecule has 0 saturated carbocycles. The van der Waals surface area contributed by atoms with Gasteiger partial charge in [0.1, 0.15) is 5.84 Å². The Labute approximate surface area is 231 Å². The summed E-state index contributed by atoms with van der Waals surface area (Å²) < 4.78 is 0. The molecule has 0 aromatic heterocycles. The lowest BCUT2D eigenvalue weighted by atomic mass is 9.78. The molecule has 0 spiro atoms. The maximum atomic E-state index is 5.18. The number of nitrogens with one attached hydrogen (secondary N) is 1. The molecule has 0 saturated heterocycles. The van der Waals surface area contributed by atoms with Crippen molar-refractivity contribution in [3.8, 4) is 0 Å². The minimum Gasteiger partial charge on any atom is -0.359 e. The van der Waals surface area contributed by atoms with E-state index in [9.17, 15) is 0 Å². The van der Waals surface area contributed by atoms with Gasteiger partial charge in [0, 0.05) is 22.5 Å². The van der Waals surface area contributed by atoms with Crippen LogP contribution < -0.4 is 5.32 Å². The molecular formula is C37H34N2. The Bertz CT molecular complexity index is 1610. The van der Waals surface area contributed by atoms with Crippen molar-refractivity contribution in [2.75, 3.05) is 0 Å². The first-order chi connectivity index (χ1) is 19.1. The van der Waals surface area contributed by atoms with Gasteiger partial charge in [-0.25, -0.2) is 4.99 Å². The number of hydrogen-bond donors (Lipinski definition) is 1. The van der Waals surface area contributed by atoms with E-state index in [1.54, 1.807) is 5.57 Å².